The lowest BCUT2D eigenvalue weighted by molar-refractivity contribution is -0.364. The van der Waals surface area contributed by atoms with E-state index in [0.29, 0.717) is 39.4 Å². The SMILES string of the molecule is COc1cc([C@@H]2c3cc4c(cc3C(O[C@@H]3O[C@@H]5CO[C@@H](C)O[C@H]5[C@H](O)[C@H]3O)C3COC(=O)[C@@H]32)OCO4)cc(OC)c1O.COc1ccc(-c2cc(C(F)F)nn2-c2ccc(S(N)(=O)=O)cc2)cc1F. The predicted molar refractivity (Wildman–Crippen MR) is 230 cm³/mol. The molecule has 0 saturated carbocycles. The average molecular weight is 986 g/mol. The van der Waals surface area contributed by atoms with Crippen molar-refractivity contribution in [1.29, 1.82) is 0 Å². The van der Waals surface area contributed by atoms with E-state index >= 15 is 0 Å². The third-order valence-electron chi connectivity index (χ3n) is 12.6. The smallest absolute Gasteiger partial charge is 0.310 e. The number of phenolic OH excluding ortho intramolecular Hbond substituents is 1. The lowest BCUT2D eigenvalue weighted by Gasteiger charge is -2.47. The van der Waals surface area contributed by atoms with E-state index in [1.54, 1.807) is 31.2 Å². The molecule has 1 aliphatic carbocycles. The maximum Gasteiger partial charge on any atom is 0.310 e. The first-order valence-electron chi connectivity index (χ1n) is 21.3. The Bertz CT molecular complexity index is 2830. The van der Waals surface area contributed by atoms with Gasteiger partial charge in [0.05, 0.1) is 62.8 Å². The first-order chi connectivity index (χ1) is 33.0. The molecule has 368 valence electrons. The molecule has 5 aromatic rings. The fourth-order valence-corrected chi connectivity index (χ4v) is 9.76. The van der Waals surface area contributed by atoms with Crippen LogP contribution in [-0.4, -0.2) is 118 Å². The van der Waals surface area contributed by atoms with E-state index in [4.69, 9.17) is 52.5 Å². The Labute approximate surface area is 391 Å². The number of benzene rings is 4. The number of aliphatic hydroxyl groups is 2. The van der Waals surface area contributed by atoms with Gasteiger partial charge in [-0.05, 0) is 96.4 Å². The summed E-state index contributed by atoms with van der Waals surface area (Å²) in [7, 11) is 0.271. The Morgan fingerprint density at radius 1 is 0.841 bits per heavy atom. The van der Waals surface area contributed by atoms with Crippen LogP contribution in [0, 0.1) is 17.7 Å². The minimum atomic E-state index is -3.90. The van der Waals surface area contributed by atoms with E-state index in [0.717, 1.165) is 12.1 Å². The van der Waals surface area contributed by atoms with Gasteiger partial charge in [-0.15, -0.1) is 0 Å². The van der Waals surface area contributed by atoms with Crippen LogP contribution in [0.15, 0.2) is 77.7 Å². The predicted octanol–water partition coefficient (Wildman–Crippen LogP) is 4.61. The van der Waals surface area contributed by atoms with Gasteiger partial charge in [0, 0.05) is 17.4 Å². The number of halogens is 3. The number of primary sulfonamides is 1. The summed E-state index contributed by atoms with van der Waals surface area (Å²) in [4.78, 5) is 13.3. The Kier molecular flexibility index (Phi) is 13.2. The second-order valence-corrected chi connectivity index (χ2v) is 18.1. The zero-order valence-corrected chi connectivity index (χ0v) is 37.9. The molecule has 10 rings (SSSR count). The molecule has 0 bridgehead atoms. The number of fused-ring (bicyclic) bond motifs is 4. The highest BCUT2D eigenvalue weighted by Gasteiger charge is 2.56. The van der Waals surface area contributed by atoms with Crippen molar-refractivity contribution in [3.05, 3.63) is 101 Å². The quantitative estimate of drug-likeness (QED) is 0.140. The van der Waals surface area contributed by atoms with Crippen LogP contribution in [0.1, 0.15) is 47.8 Å². The van der Waals surface area contributed by atoms with E-state index < -0.39 is 94.8 Å². The zero-order chi connectivity index (χ0) is 49.1. The molecule has 69 heavy (non-hydrogen) atoms. The summed E-state index contributed by atoms with van der Waals surface area (Å²) in [5, 5.41) is 41.4. The van der Waals surface area contributed by atoms with Crippen LogP contribution in [0.25, 0.3) is 16.9 Å². The van der Waals surface area contributed by atoms with E-state index in [1.165, 1.54) is 62.4 Å². The van der Waals surface area contributed by atoms with Crippen LogP contribution in [0.2, 0.25) is 0 Å². The highest BCUT2D eigenvalue weighted by atomic mass is 32.2. The lowest BCUT2D eigenvalue weighted by atomic mass is 9.66. The summed E-state index contributed by atoms with van der Waals surface area (Å²) in [5.74, 6) is -1.68. The average Bonchev–Trinajstić information content (AvgIpc) is 4.09. The normalized spacial score (nSPS) is 26.8. The topological polar surface area (TPSA) is 248 Å². The number of carbonyl (C=O) groups is 1. The molecule has 4 aliphatic heterocycles. The lowest BCUT2D eigenvalue weighted by Crippen LogP contribution is -2.63. The molecule has 2 unspecified atom stereocenters. The van der Waals surface area contributed by atoms with E-state index in [2.05, 4.69) is 5.10 Å². The van der Waals surface area contributed by atoms with Crippen LogP contribution in [0.3, 0.4) is 0 Å². The molecule has 0 radical (unpaired) electrons. The number of ether oxygens (including phenoxy) is 10. The van der Waals surface area contributed by atoms with Crippen LogP contribution < -0.4 is 28.8 Å². The van der Waals surface area contributed by atoms with Gasteiger partial charge in [-0.2, -0.15) is 5.10 Å². The highest BCUT2D eigenvalue weighted by molar-refractivity contribution is 7.89. The maximum atomic E-state index is 14.0. The molecular formula is C46H46F3N3O16S. The summed E-state index contributed by atoms with van der Waals surface area (Å²) >= 11 is 0. The van der Waals surface area contributed by atoms with E-state index in [1.807, 2.05) is 0 Å². The van der Waals surface area contributed by atoms with Gasteiger partial charge in [-0.3, -0.25) is 4.79 Å². The number of sulfonamides is 1. The van der Waals surface area contributed by atoms with Crippen LogP contribution in [0.4, 0.5) is 13.2 Å². The molecule has 19 nitrogen and oxygen atoms in total. The summed E-state index contributed by atoms with van der Waals surface area (Å²) in [6, 6.07) is 17.3. The molecule has 23 heteroatoms. The van der Waals surface area contributed by atoms with Crippen LogP contribution >= 0.6 is 0 Å². The number of hydrogen-bond acceptors (Lipinski definition) is 17. The van der Waals surface area contributed by atoms with Gasteiger partial charge in [0.15, 0.2) is 47.1 Å². The summed E-state index contributed by atoms with van der Waals surface area (Å²) in [6.45, 7) is 1.93. The van der Waals surface area contributed by atoms with Crippen molar-refractivity contribution in [3.8, 4) is 51.4 Å². The number of methoxy groups -OCH3 is 3. The van der Waals surface area contributed by atoms with Gasteiger partial charge in [-0.1, -0.05) is 0 Å². The summed E-state index contributed by atoms with van der Waals surface area (Å²) in [6.07, 6.45) is -9.63. The fourth-order valence-electron chi connectivity index (χ4n) is 9.25. The first-order valence-corrected chi connectivity index (χ1v) is 22.9. The number of nitrogens with zero attached hydrogens (tertiary/aromatic N) is 2. The minimum Gasteiger partial charge on any atom is -0.502 e. The number of phenols is 1. The molecule has 0 spiro atoms. The van der Waals surface area contributed by atoms with Crippen molar-refractivity contribution < 1.29 is 89.1 Å². The van der Waals surface area contributed by atoms with E-state index in [-0.39, 0.29) is 53.6 Å². The third-order valence-corrected chi connectivity index (χ3v) is 13.5. The number of aromatic nitrogens is 2. The number of hydrogen-bond donors (Lipinski definition) is 4. The zero-order valence-electron chi connectivity index (χ0n) is 37.1. The largest absolute Gasteiger partial charge is 0.502 e. The first kappa shape index (κ1) is 47.9. The number of aliphatic hydroxyl groups excluding tert-OH is 2. The Morgan fingerprint density at radius 2 is 1.51 bits per heavy atom. The number of alkyl halides is 2. The summed E-state index contributed by atoms with van der Waals surface area (Å²) in [5.41, 5.74) is 2.32. The van der Waals surface area contributed by atoms with Crippen LogP contribution in [0.5, 0.6) is 34.5 Å². The number of carbonyl (C=O) groups excluding carboxylic acids is 1. The van der Waals surface area contributed by atoms with E-state index in [9.17, 15) is 41.7 Å². The standard InChI is InChI=1S/C29H32O13.C17H14F3N3O3S/c1-11-36-9-20-27(40-11)24(31)25(32)29(41-20)42-26-14-7-17-16(38-10-39-17)6-13(14)21(22-15(26)8-37-28(22)33)12-4-18(34-2)23(30)19(5-12)35-3;1-26-16-7-2-10(8-13(16)18)15-9-14(17(19)20)22-23(15)11-3-5-12(6-4-11)27(21,24)25/h4-7,11,15,20-22,24-27,29-32H,8-10H2,1-3H3;2-9,17H,1H3,(H2,21,24,25)/t11-,15?,20-,21-,22+,24-,25-,26?,27-,29+;/m1./s1. The molecule has 5 aliphatic rings. The Morgan fingerprint density at radius 3 is 2.13 bits per heavy atom. The maximum absolute atomic E-state index is 14.0. The molecule has 0 amide bonds. The van der Waals surface area contributed by atoms with Crippen molar-refractivity contribution in [1.82, 2.24) is 9.78 Å². The van der Waals surface area contributed by atoms with Gasteiger partial charge < -0.3 is 62.7 Å². The number of nitrogens with two attached hydrogens (primary N) is 1. The molecule has 10 atom stereocenters. The number of rotatable bonds is 10. The number of esters is 1. The van der Waals surface area contributed by atoms with Crippen molar-refractivity contribution >= 4 is 16.0 Å². The van der Waals surface area contributed by atoms with Crippen molar-refractivity contribution in [2.45, 2.75) is 67.3 Å². The van der Waals surface area contributed by atoms with Gasteiger partial charge in [0.25, 0.3) is 6.43 Å². The van der Waals surface area contributed by atoms with Crippen LogP contribution in [-0.2, 0) is 38.5 Å². The minimum absolute atomic E-state index is 0.0106. The van der Waals surface area contributed by atoms with Crippen molar-refractivity contribution in [2.24, 2.45) is 17.0 Å². The molecule has 5 heterocycles. The summed E-state index contributed by atoms with van der Waals surface area (Å²) < 4.78 is 121. The van der Waals surface area contributed by atoms with Crippen molar-refractivity contribution in [2.75, 3.05) is 41.3 Å². The third kappa shape index (κ3) is 9.00. The molecule has 1 aromatic heterocycles. The second kappa shape index (κ2) is 19.0. The van der Waals surface area contributed by atoms with Gasteiger partial charge in [-0.25, -0.2) is 31.4 Å². The Balaban J connectivity index is 0.000000190. The highest BCUT2D eigenvalue weighted by Crippen LogP contribution is 2.57. The second-order valence-electron chi connectivity index (χ2n) is 16.5. The van der Waals surface area contributed by atoms with Gasteiger partial charge in [0.2, 0.25) is 22.6 Å². The van der Waals surface area contributed by atoms with Gasteiger partial charge in [0.1, 0.15) is 30.1 Å². The number of aromatic hydroxyl groups is 1. The number of cyclic esters (lactones) is 1. The monoisotopic (exact) mass is 985 g/mol. The molecule has 4 aromatic carbocycles. The van der Waals surface area contributed by atoms with Gasteiger partial charge >= 0.3 is 5.97 Å². The molecule has 5 N–H and O–H groups in total. The molecular weight excluding hydrogens is 940 g/mol. The molecule has 3 saturated heterocycles. The Hall–Kier alpha value is -6.18. The fraction of sp³-hybridized carbons (Fsp3) is 0.391. The molecule has 3 fully saturated rings. The van der Waals surface area contributed by atoms with Crippen molar-refractivity contribution in [3.63, 3.8) is 0 Å².